The lowest BCUT2D eigenvalue weighted by atomic mass is 9.70. The Morgan fingerprint density at radius 3 is 2.27 bits per heavy atom. The average molecular weight is 511 g/mol. The third-order valence-corrected chi connectivity index (χ3v) is 8.20. The predicted octanol–water partition coefficient (Wildman–Crippen LogP) is 7.62. The van der Waals surface area contributed by atoms with E-state index < -0.39 is 0 Å². The second-order valence-corrected chi connectivity index (χ2v) is 12.6. The highest BCUT2D eigenvalue weighted by Crippen LogP contribution is 2.38. The molecular formula is C33H50O4. The fraction of sp³-hybridized carbons (Fsp3) is 0.697. The molecule has 206 valence electrons. The van der Waals surface area contributed by atoms with Crippen molar-refractivity contribution in [3.8, 4) is 0 Å². The Hall–Kier alpha value is -2.10. The summed E-state index contributed by atoms with van der Waals surface area (Å²) < 4.78 is 0. The molecule has 0 amide bonds. The van der Waals surface area contributed by atoms with Gasteiger partial charge in [-0.1, -0.05) is 60.5 Å². The summed E-state index contributed by atoms with van der Waals surface area (Å²) in [5.41, 5.74) is 5.30. The normalized spacial score (nSPS) is 17.3. The van der Waals surface area contributed by atoms with Crippen LogP contribution >= 0.6 is 0 Å². The van der Waals surface area contributed by atoms with E-state index >= 15 is 0 Å². The van der Waals surface area contributed by atoms with Crippen LogP contribution in [0.1, 0.15) is 132 Å². The first-order valence-electron chi connectivity index (χ1n) is 14.5. The second-order valence-electron chi connectivity index (χ2n) is 12.6. The molecular weight excluding hydrogens is 460 g/mol. The molecule has 0 heterocycles. The number of fused-ring (bicyclic) bond motifs is 1. The van der Waals surface area contributed by atoms with E-state index in [1.807, 2.05) is 13.8 Å². The van der Waals surface area contributed by atoms with Crippen molar-refractivity contribution in [3.05, 3.63) is 33.9 Å². The van der Waals surface area contributed by atoms with E-state index in [0.29, 0.717) is 19.3 Å². The number of ketones is 4. The van der Waals surface area contributed by atoms with Crippen LogP contribution in [0.3, 0.4) is 0 Å². The lowest BCUT2D eigenvalue weighted by Crippen LogP contribution is -2.30. The molecule has 4 nitrogen and oxygen atoms in total. The van der Waals surface area contributed by atoms with E-state index in [1.54, 1.807) is 0 Å². The standard InChI is InChI=1S/C33H50O4/c1-9-12-25(28(11-3)30(36)15-21(4)34)16-23-17-29-24(10-2)19-26(22(5)32(29)31(37)18-23)20-27(35)13-14-33(6,7)8/h19,23,25,28H,9-18,20H2,1-8H3. The summed E-state index contributed by atoms with van der Waals surface area (Å²) in [5.74, 6) is 0.698. The number of hydrogen-bond donors (Lipinski definition) is 0. The van der Waals surface area contributed by atoms with Gasteiger partial charge in [0.1, 0.15) is 17.3 Å². The predicted molar refractivity (Wildman–Crippen MR) is 151 cm³/mol. The fourth-order valence-corrected chi connectivity index (χ4v) is 6.25. The SMILES string of the molecule is CCCC(CC1CC(=O)c2c(C)c(CC(=O)CCC(C)(C)C)cc(CC)c2C1)C(CC)C(=O)CC(C)=O. The molecule has 0 saturated heterocycles. The maximum atomic E-state index is 13.5. The quantitative estimate of drug-likeness (QED) is 0.241. The third-order valence-electron chi connectivity index (χ3n) is 8.20. The van der Waals surface area contributed by atoms with Crippen LogP contribution in [-0.2, 0) is 33.6 Å². The Labute approximate surface area is 225 Å². The van der Waals surface area contributed by atoms with Gasteiger partial charge in [0.05, 0.1) is 6.42 Å². The van der Waals surface area contributed by atoms with E-state index in [1.165, 1.54) is 12.5 Å². The van der Waals surface area contributed by atoms with Gasteiger partial charge in [-0.25, -0.2) is 0 Å². The van der Waals surface area contributed by atoms with E-state index in [4.69, 9.17) is 0 Å². The van der Waals surface area contributed by atoms with Crippen molar-refractivity contribution < 1.29 is 19.2 Å². The first-order valence-corrected chi connectivity index (χ1v) is 14.5. The summed E-state index contributed by atoms with van der Waals surface area (Å²) in [6.07, 6.45) is 7.52. The van der Waals surface area contributed by atoms with Gasteiger partial charge in [-0.15, -0.1) is 0 Å². The third kappa shape index (κ3) is 8.72. The molecule has 0 saturated carbocycles. The van der Waals surface area contributed by atoms with Gasteiger partial charge < -0.3 is 0 Å². The topological polar surface area (TPSA) is 68.3 Å². The highest BCUT2D eigenvalue weighted by atomic mass is 16.1. The van der Waals surface area contributed by atoms with Crippen LogP contribution in [0.2, 0.25) is 0 Å². The average Bonchev–Trinajstić information content (AvgIpc) is 2.79. The molecule has 1 aromatic carbocycles. The van der Waals surface area contributed by atoms with E-state index in [0.717, 1.165) is 67.2 Å². The zero-order valence-electron chi connectivity index (χ0n) is 24.7. The van der Waals surface area contributed by atoms with Gasteiger partial charge in [-0.3, -0.25) is 19.2 Å². The van der Waals surface area contributed by atoms with Crippen LogP contribution < -0.4 is 0 Å². The van der Waals surface area contributed by atoms with Crippen LogP contribution in [0.4, 0.5) is 0 Å². The molecule has 2 rings (SSSR count). The molecule has 3 atom stereocenters. The first kappa shape index (κ1) is 31.1. The van der Waals surface area contributed by atoms with Crippen molar-refractivity contribution in [1.82, 2.24) is 0 Å². The minimum absolute atomic E-state index is 0.0155. The van der Waals surface area contributed by atoms with Gasteiger partial charge in [-0.05, 0) is 85.5 Å². The van der Waals surface area contributed by atoms with Crippen molar-refractivity contribution in [2.45, 2.75) is 126 Å². The summed E-state index contributed by atoms with van der Waals surface area (Å²) in [6.45, 7) is 16.3. The van der Waals surface area contributed by atoms with Crippen LogP contribution in [0, 0.1) is 30.1 Å². The Morgan fingerprint density at radius 2 is 1.73 bits per heavy atom. The molecule has 0 aromatic heterocycles. The number of Topliss-reactive ketones (excluding diaryl/α,β-unsaturated/α-hetero) is 4. The van der Waals surface area contributed by atoms with Gasteiger partial charge in [-0.2, -0.15) is 0 Å². The number of aryl methyl sites for hydroxylation is 1. The van der Waals surface area contributed by atoms with Crippen molar-refractivity contribution >= 4 is 23.1 Å². The molecule has 37 heavy (non-hydrogen) atoms. The van der Waals surface area contributed by atoms with Gasteiger partial charge in [0.15, 0.2) is 5.78 Å². The van der Waals surface area contributed by atoms with Crippen LogP contribution in [0.15, 0.2) is 6.07 Å². The Balaban J connectivity index is 2.29. The highest BCUT2D eigenvalue weighted by molar-refractivity contribution is 6.01. The zero-order valence-corrected chi connectivity index (χ0v) is 24.7. The Kier molecular flexibility index (Phi) is 11.5. The van der Waals surface area contributed by atoms with Crippen molar-refractivity contribution in [2.24, 2.45) is 23.2 Å². The maximum Gasteiger partial charge on any atom is 0.163 e. The highest BCUT2D eigenvalue weighted by Gasteiger charge is 2.34. The minimum atomic E-state index is -0.116. The number of rotatable bonds is 14. The largest absolute Gasteiger partial charge is 0.300 e. The Bertz CT molecular complexity index is 995. The number of carbonyl (C=O) groups is 4. The lowest BCUT2D eigenvalue weighted by Gasteiger charge is -2.33. The summed E-state index contributed by atoms with van der Waals surface area (Å²) in [4.78, 5) is 50.8. The van der Waals surface area contributed by atoms with Crippen molar-refractivity contribution in [2.75, 3.05) is 0 Å². The smallest absolute Gasteiger partial charge is 0.163 e. The monoisotopic (exact) mass is 510 g/mol. The summed E-state index contributed by atoms with van der Waals surface area (Å²) in [5, 5.41) is 0. The number of hydrogen-bond acceptors (Lipinski definition) is 4. The van der Waals surface area contributed by atoms with Gasteiger partial charge in [0.2, 0.25) is 0 Å². The van der Waals surface area contributed by atoms with Crippen LogP contribution in [-0.4, -0.2) is 23.1 Å². The molecule has 0 spiro atoms. The van der Waals surface area contributed by atoms with Gasteiger partial charge in [0, 0.05) is 30.7 Å². The van der Waals surface area contributed by atoms with Crippen molar-refractivity contribution in [1.29, 1.82) is 0 Å². The molecule has 3 unspecified atom stereocenters. The molecule has 4 heteroatoms. The summed E-state index contributed by atoms with van der Waals surface area (Å²) in [6, 6.07) is 2.17. The summed E-state index contributed by atoms with van der Waals surface area (Å²) in [7, 11) is 0. The number of carbonyl (C=O) groups excluding carboxylic acids is 4. The molecule has 1 aliphatic carbocycles. The zero-order chi connectivity index (χ0) is 27.9. The van der Waals surface area contributed by atoms with Crippen LogP contribution in [0.25, 0.3) is 0 Å². The molecule has 0 radical (unpaired) electrons. The van der Waals surface area contributed by atoms with E-state index in [2.05, 4.69) is 40.7 Å². The number of benzene rings is 1. The fourth-order valence-electron chi connectivity index (χ4n) is 6.25. The van der Waals surface area contributed by atoms with Gasteiger partial charge >= 0.3 is 0 Å². The van der Waals surface area contributed by atoms with Crippen molar-refractivity contribution in [3.63, 3.8) is 0 Å². The second kappa shape index (κ2) is 13.6. The van der Waals surface area contributed by atoms with E-state index in [-0.39, 0.29) is 52.7 Å². The molecule has 0 aliphatic heterocycles. The minimum Gasteiger partial charge on any atom is -0.300 e. The van der Waals surface area contributed by atoms with Crippen LogP contribution in [0.5, 0.6) is 0 Å². The molecule has 0 bridgehead atoms. The lowest BCUT2D eigenvalue weighted by molar-refractivity contribution is -0.130. The maximum absolute atomic E-state index is 13.5. The molecule has 0 fully saturated rings. The van der Waals surface area contributed by atoms with E-state index in [9.17, 15) is 19.2 Å². The molecule has 0 N–H and O–H groups in total. The van der Waals surface area contributed by atoms with Gasteiger partial charge in [0.25, 0.3) is 0 Å². The Morgan fingerprint density at radius 1 is 1.05 bits per heavy atom. The first-order chi connectivity index (χ1) is 17.3. The molecule has 1 aliphatic rings. The summed E-state index contributed by atoms with van der Waals surface area (Å²) >= 11 is 0. The molecule has 1 aromatic rings.